The minimum atomic E-state index is -0.168. The molecular weight excluding hydrogens is 306 g/mol. The lowest BCUT2D eigenvalue weighted by Crippen LogP contribution is -2.36. The lowest BCUT2D eigenvalue weighted by molar-refractivity contribution is 0.0933. The van der Waals surface area contributed by atoms with Gasteiger partial charge in [0.1, 0.15) is 5.82 Å². The Bertz CT molecular complexity index is 823. The maximum absolute atomic E-state index is 12.7. The molecule has 0 saturated carbocycles. The fourth-order valence-corrected chi connectivity index (χ4v) is 3.61. The Morgan fingerprint density at radius 1 is 1.29 bits per heavy atom. The lowest BCUT2D eigenvalue weighted by Gasteiger charge is -2.22. The SMILES string of the molecule is O=C(NC1CCc2n[nH]c(=O)n2CC1)c1cccc2c1NCCC2. The number of hydrogen-bond acceptors (Lipinski definition) is 4. The second-order valence-electron chi connectivity index (χ2n) is 6.46. The average molecular weight is 327 g/mol. The van der Waals surface area contributed by atoms with E-state index in [2.05, 4.69) is 26.9 Å². The minimum Gasteiger partial charge on any atom is -0.384 e. The van der Waals surface area contributed by atoms with Crippen LogP contribution in [0.5, 0.6) is 0 Å². The number of nitrogens with zero attached hydrogens (tertiary/aromatic N) is 2. The number of aryl methyl sites for hydroxylation is 2. The Morgan fingerprint density at radius 2 is 2.21 bits per heavy atom. The van der Waals surface area contributed by atoms with E-state index in [0.29, 0.717) is 18.5 Å². The zero-order chi connectivity index (χ0) is 16.5. The highest BCUT2D eigenvalue weighted by molar-refractivity contribution is 6.00. The first kappa shape index (κ1) is 15.0. The number of amides is 1. The van der Waals surface area contributed by atoms with Crippen LogP contribution in [0.25, 0.3) is 0 Å². The highest BCUT2D eigenvalue weighted by Gasteiger charge is 2.23. The third-order valence-corrected chi connectivity index (χ3v) is 4.91. The highest BCUT2D eigenvalue weighted by atomic mass is 16.2. The van der Waals surface area contributed by atoms with Crippen molar-refractivity contribution in [2.24, 2.45) is 0 Å². The van der Waals surface area contributed by atoms with Crippen molar-refractivity contribution in [2.75, 3.05) is 11.9 Å². The van der Waals surface area contributed by atoms with Gasteiger partial charge < -0.3 is 10.6 Å². The Balaban J connectivity index is 1.48. The normalized spacial score (nSPS) is 19.6. The first-order valence-electron chi connectivity index (χ1n) is 8.53. The number of aromatic amines is 1. The lowest BCUT2D eigenvalue weighted by atomic mass is 9.98. The van der Waals surface area contributed by atoms with Crippen molar-refractivity contribution >= 4 is 11.6 Å². The molecule has 0 fully saturated rings. The number of fused-ring (bicyclic) bond motifs is 2. The number of H-pyrrole nitrogens is 1. The zero-order valence-corrected chi connectivity index (χ0v) is 13.5. The molecular formula is C17H21N5O2. The van der Waals surface area contributed by atoms with Crippen LogP contribution in [-0.2, 0) is 19.4 Å². The average Bonchev–Trinajstić information content (AvgIpc) is 2.84. The van der Waals surface area contributed by atoms with Gasteiger partial charge in [0.2, 0.25) is 0 Å². The number of para-hydroxylation sites is 1. The molecule has 2 aliphatic heterocycles. The molecule has 4 rings (SSSR count). The molecule has 0 bridgehead atoms. The van der Waals surface area contributed by atoms with Crippen molar-refractivity contribution in [1.29, 1.82) is 0 Å². The van der Waals surface area contributed by atoms with E-state index in [1.54, 1.807) is 4.57 Å². The van der Waals surface area contributed by atoms with Gasteiger partial charge in [0.05, 0.1) is 11.3 Å². The van der Waals surface area contributed by atoms with Crippen LogP contribution in [0.2, 0.25) is 0 Å². The largest absolute Gasteiger partial charge is 0.384 e. The number of hydrogen-bond donors (Lipinski definition) is 3. The van der Waals surface area contributed by atoms with E-state index in [0.717, 1.165) is 43.7 Å². The minimum absolute atomic E-state index is 0.0419. The molecule has 126 valence electrons. The summed E-state index contributed by atoms with van der Waals surface area (Å²) in [6.45, 7) is 1.49. The van der Waals surface area contributed by atoms with Gasteiger partial charge in [-0.15, -0.1) is 0 Å². The number of anilines is 1. The molecule has 24 heavy (non-hydrogen) atoms. The van der Waals surface area contributed by atoms with Crippen LogP contribution in [0.1, 0.15) is 41.0 Å². The summed E-state index contributed by atoms with van der Waals surface area (Å²) in [5, 5.41) is 13.0. The summed E-state index contributed by atoms with van der Waals surface area (Å²) in [5.41, 5.74) is 2.73. The van der Waals surface area contributed by atoms with Gasteiger partial charge in [-0.25, -0.2) is 9.89 Å². The van der Waals surface area contributed by atoms with Gasteiger partial charge in [-0.05, 0) is 37.3 Å². The van der Waals surface area contributed by atoms with E-state index in [1.165, 1.54) is 5.56 Å². The van der Waals surface area contributed by atoms with Crippen molar-refractivity contribution in [3.05, 3.63) is 45.6 Å². The number of carbonyl (C=O) groups excluding carboxylic acids is 1. The van der Waals surface area contributed by atoms with Crippen molar-refractivity contribution < 1.29 is 4.79 Å². The predicted octanol–water partition coefficient (Wildman–Crippen LogP) is 1.06. The molecule has 7 heteroatoms. The standard InChI is InChI=1S/C17H21N5O2/c23-16(13-5-1-3-11-4-2-9-18-15(11)13)19-12-6-7-14-20-21-17(24)22(14)10-8-12/h1,3,5,12,18H,2,4,6-10H2,(H,19,23)(H,21,24). The smallest absolute Gasteiger partial charge is 0.343 e. The third-order valence-electron chi connectivity index (χ3n) is 4.91. The second-order valence-corrected chi connectivity index (χ2v) is 6.46. The molecule has 3 N–H and O–H groups in total. The number of benzene rings is 1. The van der Waals surface area contributed by atoms with Crippen molar-refractivity contribution in [3.8, 4) is 0 Å². The van der Waals surface area contributed by atoms with Crippen LogP contribution in [0.15, 0.2) is 23.0 Å². The van der Waals surface area contributed by atoms with Gasteiger partial charge >= 0.3 is 5.69 Å². The molecule has 2 aliphatic rings. The Hall–Kier alpha value is -2.57. The molecule has 0 aliphatic carbocycles. The van der Waals surface area contributed by atoms with E-state index >= 15 is 0 Å². The van der Waals surface area contributed by atoms with E-state index in [9.17, 15) is 9.59 Å². The molecule has 0 spiro atoms. The summed E-state index contributed by atoms with van der Waals surface area (Å²) < 4.78 is 1.66. The van der Waals surface area contributed by atoms with Crippen LogP contribution in [0.4, 0.5) is 5.69 Å². The zero-order valence-electron chi connectivity index (χ0n) is 13.5. The van der Waals surface area contributed by atoms with Gasteiger partial charge in [-0.1, -0.05) is 12.1 Å². The monoisotopic (exact) mass is 327 g/mol. The van der Waals surface area contributed by atoms with E-state index < -0.39 is 0 Å². The summed E-state index contributed by atoms with van der Waals surface area (Å²) in [6, 6.07) is 5.95. The summed E-state index contributed by atoms with van der Waals surface area (Å²) in [7, 11) is 0. The number of aromatic nitrogens is 3. The molecule has 2 aromatic rings. The number of nitrogens with one attached hydrogen (secondary N) is 3. The van der Waals surface area contributed by atoms with E-state index in [1.807, 2.05) is 12.1 Å². The van der Waals surface area contributed by atoms with E-state index in [-0.39, 0.29) is 17.6 Å². The van der Waals surface area contributed by atoms with Crippen LogP contribution in [-0.4, -0.2) is 33.3 Å². The Morgan fingerprint density at radius 3 is 3.12 bits per heavy atom. The summed E-state index contributed by atoms with van der Waals surface area (Å²) in [4.78, 5) is 24.4. The van der Waals surface area contributed by atoms with Gasteiger partial charge in [0, 0.05) is 25.6 Å². The van der Waals surface area contributed by atoms with Gasteiger partial charge in [-0.2, -0.15) is 5.10 Å². The highest BCUT2D eigenvalue weighted by Crippen LogP contribution is 2.26. The summed E-state index contributed by atoms with van der Waals surface area (Å²) in [5.74, 6) is 0.732. The second kappa shape index (κ2) is 6.14. The number of carbonyl (C=O) groups is 1. The van der Waals surface area contributed by atoms with Gasteiger partial charge in [0.25, 0.3) is 5.91 Å². The van der Waals surface area contributed by atoms with Gasteiger partial charge in [-0.3, -0.25) is 9.36 Å². The third kappa shape index (κ3) is 2.70. The first-order valence-corrected chi connectivity index (χ1v) is 8.53. The fraction of sp³-hybridized carbons (Fsp3) is 0.471. The predicted molar refractivity (Wildman–Crippen MR) is 90.3 cm³/mol. The van der Waals surface area contributed by atoms with Gasteiger partial charge in [0.15, 0.2) is 0 Å². The van der Waals surface area contributed by atoms with Crippen molar-refractivity contribution in [1.82, 2.24) is 20.1 Å². The molecule has 1 atom stereocenters. The molecule has 0 saturated heterocycles. The first-order chi connectivity index (χ1) is 11.7. The fourth-order valence-electron chi connectivity index (χ4n) is 3.61. The maximum Gasteiger partial charge on any atom is 0.343 e. The molecule has 1 aromatic carbocycles. The quantitative estimate of drug-likeness (QED) is 0.769. The maximum atomic E-state index is 12.7. The molecule has 0 radical (unpaired) electrons. The molecule has 1 amide bonds. The van der Waals surface area contributed by atoms with Crippen LogP contribution in [0, 0.1) is 0 Å². The molecule has 7 nitrogen and oxygen atoms in total. The topological polar surface area (TPSA) is 91.8 Å². The van der Waals surface area contributed by atoms with Crippen LogP contribution >= 0.6 is 0 Å². The van der Waals surface area contributed by atoms with Crippen LogP contribution in [0.3, 0.4) is 0 Å². The van der Waals surface area contributed by atoms with Crippen molar-refractivity contribution in [2.45, 2.75) is 44.7 Å². The molecule has 3 heterocycles. The Kier molecular flexibility index (Phi) is 3.84. The summed E-state index contributed by atoms with van der Waals surface area (Å²) in [6.07, 6.45) is 4.32. The van der Waals surface area contributed by atoms with Crippen molar-refractivity contribution in [3.63, 3.8) is 0 Å². The molecule has 1 aromatic heterocycles. The summed E-state index contributed by atoms with van der Waals surface area (Å²) >= 11 is 0. The number of rotatable bonds is 2. The van der Waals surface area contributed by atoms with E-state index in [4.69, 9.17) is 0 Å². The Labute approximate surface area is 139 Å². The molecule has 1 unspecified atom stereocenters. The van der Waals surface area contributed by atoms with Crippen LogP contribution < -0.4 is 16.3 Å².